The van der Waals surface area contributed by atoms with Crippen LogP contribution < -0.4 is 0 Å². The Kier molecular flexibility index (Phi) is 7.61. The number of Topliss-reactive ketones (excluding diaryl/α,β-unsaturated/α-hetero) is 3. The van der Waals surface area contributed by atoms with Crippen molar-refractivity contribution in [2.45, 2.75) is 75.7 Å². The van der Waals surface area contributed by atoms with Gasteiger partial charge in [0.25, 0.3) is 0 Å². The number of rotatable bonds is 2. The molecular weight excluding hydrogens is 252 g/mol. The third-order valence-electron chi connectivity index (χ3n) is 3.05. The fourth-order valence-corrected chi connectivity index (χ4v) is 0.676. The fourth-order valence-electron chi connectivity index (χ4n) is 0.676. The molecule has 0 spiro atoms. The van der Waals surface area contributed by atoms with Crippen molar-refractivity contribution < 1.29 is 14.4 Å². The van der Waals surface area contributed by atoms with Gasteiger partial charge in [-0.2, -0.15) is 0 Å². The maximum Gasteiger partial charge on any atom is 0.145 e. The van der Waals surface area contributed by atoms with Gasteiger partial charge >= 0.3 is 0 Å². The molecule has 0 rings (SSSR count). The second-order valence-corrected chi connectivity index (χ2v) is 8.33. The predicted octanol–water partition coefficient (Wildman–Crippen LogP) is 4.23. The van der Waals surface area contributed by atoms with Crippen LogP contribution in [-0.2, 0) is 14.4 Å². The first kappa shape index (κ1) is 21.3. The Morgan fingerprint density at radius 1 is 0.600 bits per heavy atom. The quantitative estimate of drug-likeness (QED) is 0.713. The van der Waals surface area contributed by atoms with Crippen molar-refractivity contribution in [2.75, 3.05) is 0 Å². The average Bonchev–Trinajstić information content (AvgIpc) is 2.13. The number of hydrogen-bond donors (Lipinski definition) is 0. The zero-order valence-electron chi connectivity index (χ0n) is 14.9. The van der Waals surface area contributed by atoms with Gasteiger partial charge in [-0.1, -0.05) is 62.3 Å². The second-order valence-electron chi connectivity index (χ2n) is 8.33. The van der Waals surface area contributed by atoms with Gasteiger partial charge in [-0.15, -0.1) is 0 Å². The van der Waals surface area contributed by atoms with E-state index in [4.69, 9.17) is 0 Å². The summed E-state index contributed by atoms with van der Waals surface area (Å²) < 4.78 is 0. The first-order valence-corrected chi connectivity index (χ1v) is 7.07. The molecule has 3 nitrogen and oxygen atoms in total. The zero-order valence-corrected chi connectivity index (χ0v) is 14.9. The molecule has 0 saturated heterocycles. The third kappa shape index (κ3) is 9.88. The molecule has 0 saturated carbocycles. The molecule has 0 aliphatic carbocycles. The lowest BCUT2D eigenvalue weighted by Crippen LogP contribution is -2.28. The summed E-state index contributed by atoms with van der Waals surface area (Å²) in [4.78, 5) is 33.5. The van der Waals surface area contributed by atoms with Crippen LogP contribution in [0.15, 0.2) is 0 Å². The summed E-state index contributed by atoms with van der Waals surface area (Å²) in [5.41, 5.74) is -0.943. The molecule has 0 aliphatic heterocycles. The molecule has 3 heteroatoms. The molecule has 0 aromatic carbocycles. The molecule has 0 aromatic rings. The Morgan fingerprint density at radius 3 is 0.900 bits per heavy atom. The molecule has 0 radical (unpaired) electrons. The minimum Gasteiger partial charge on any atom is -0.299 e. The van der Waals surface area contributed by atoms with Gasteiger partial charge in [0.05, 0.1) is 6.42 Å². The summed E-state index contributed by atoms with van der Waals surface area (Å²) >= 11 is 0. The average molecular weight is 284 g/mol. The Labute approximate surface area is 124 Å². The van der Waals surface area contributed by atoms with Gasteiger partial charge in [0.15, 0.2) is 0 Å². The number of hydrogen-bond acceptors (Lipinski definition) is 3. The minimum atomic E-state index is -0.402. The van der Waals surface area contributed by atoms with Crippen LogP contribution >= 0.6 is 0 Å². The van der Waals surface area contributed by atoms with E-state index in [0.29, 0.717) is 0 Å². The number of carbonyl (C=O) groups is 3. The van der Waals surface area contributed by atoms with Crippen LogP contribution in [0.25, 0.3) is 0 Å². The molecule has 0 fully saturated rings. The first-order valence-electron chi connectivity index (χ1n) is 7.07. The van der Waals surface area contributed by atoms with Gasteiger partial charge in [0, 0.05) is 16.2 Å². The van der Waals surface area contributed by atoms with E-state index in [0.717, 1.165) is 0 Å². The van der Waals surface area contributed by atoms with Crippen LogP contribution in [0.1, 0.15) is 75.7 Å². The van der Waals surface area contributed by atoms with E-state index >= 15 is 0 Å². The first-order chi connectivity index (χ1) is 8.49. The zero-order chi connectivity index (χ0) is 16.9. The summed E-state index contributed by atoms with van der Waals surface area (Å²) in [6.07, 6.45) is 0.0625. The van der Waals surface area contributed by atoms with Crippen molar-refractivity contribution in [3.8, 4) is 0 Å². The Bertz CT molecular complexity index is 333. The van der Waals surface area contributed by atoms with Crippen molar-refractivity contribution in [1.29, 1.82) is 0 Å². The molecule has 20 heavy (non-hydrogen) atoms. The van der Waals surface area contributed by atoms with Gasteiger partial charge in [-0.3, -0.25) is 14.4 Å². The van der Waals surface area contributed by atoms with E-state index in [1.54, 1.807) is 6.92 Å². The van der Waals surface area contributed by atoms with E-state index < -0.39 is 10.8 Å². The molecule has 0 unspecified atom stereocenters. The van der Waals surface area contributed by atoms with E-state index in [1.807, 2.05) is 62.3 Å². The van der Waals surface area contributed by atoms with E-state index in [2.05, 4.69) is 0 Å². The number of ketones is 3. The van der Waals surface area contributed by atoms with Crippen LogP contribution in [0.3, 0.4) is 0 Å². The second kappa shape index (κ2) is 7.14. The lowest BCUT2D eigenvalue weighted by Gasteiger charge is -2.20. The van der Waals surface area contributed by atoms with Crippen molar-refractivity contribution in [1.82, 2.24) is 0 Å². The monoisotopic (exact) mass is 284 g/mol. The molecule has 0 N–H and O–H groups in total. The van der Waals surface area contributed by atoms with Gasteiger partial charge in [0.2, 0.25) is 0 Å². The van der Waals surface area contributed by atoms with Crippen LogP contribution in [-0.4, -0.2) is 17.3 Å². The molecule has 0 amide bonds. The Hall–Kier alpha value is -0.990. The molecule has 0 aromatic heterocycles. The molecule has 0 aliphatic rings. The summed E-state index contributed by atoms with van der Waals surface area (Å²) in [6, 6.07) is 0. The molecule has 0 heterocycles. The number of carbonyl (C=O) groups excluding carboxylic acids is 3. The lowest BCUT2D eigenvalue weighted by molar-refractivity contribution is -0.135. The highest BCUT2D eigenvalue weighted by Crippen LogP contribution is 2.22. The Balaban J connectivity index is 0. The highest BCUT2D eigenvalue weighted by atomic mass is 16.2. The highest BCUT2D eigenvalue weighted by molar-refractivity contribution is 6.03. The Morgan fingerprint density at radius 2 is 0.800 bits per heavy atom. The van der Waals surface area contributed by atoms with Crippen LogP contribution in [0.4, 0.5) is 0 Å². The standard InChI is InChI=1S/C11H20O2.C6H12O/c1-10(2,3)8(12)7-9(13)11(4,5)6;1-5(7)6(2,3)4/h7H2,1-6H3;1-4H3. The third-order valence-corrected chi connectivity index (χ3v) is 3.05. The van der Waals surface area contributed by atoms with Crippen LogP contribution in [0, 0.1) is 16.2 Å². The van der Waals surface area contributed by atoms with E-state index in [9.17, 15) is 14.4 Å². The minimum absolute atomic E-state index is 0.0208. The van der Waals surface area contributed by atoms with Crippen molar-refractivity contribution in [3.63, 3.8) is 0 Å². The van der Waals surface area contributed by atoms with Crippen LogP contribution in [0.5, 0.6) is 0 Å². The SMILES string of the molecule is CC(=O)C(C)(C)C.CC(C)(C)C(=O)CC(=O)C(C)(C)C. The molecular formula is C17H32O3. The molecule has 118 valence electrons. The van der Waals surface area contributed by atoms with Crippen molar-refractivity contribution >= 4 is 17.3 Å². The summed E-state index contributed by atoms with van der Waals surface area (Å²) in [7, 11) is 0. The summed E-state index contributed by atoms with van der Waals surface area (Å²) in [6.45, 7) is 18.4. The van der Waals surface area contributed by atoms with Gasteiger partial charge in [-0.05, 0) is 6.92 Å². The smallest absolute Gasteiger partial charge is 0.145 e. The molecule has 0 bridgehead atoms. The van der Waals surface area contributed by atoms with Crippen LogP contribution in [0.2, 0.25) is 0 Å². The summed E-state index contributed by atoms with van der Waals surface area (Å²) in [5.74, 6) is 0.285. The van der Waals surface area contributed by atoms with Gasteiger partial charge in [-0.25, -0.2) is 0 Å². The van der Waals surface area contributed by atoms with Crippen molar-refractivity contribution in [2.24, 2.45) is 16.2 Å². The highest BCUT2D eigenvalue weighted by Gasteiger charge is 2.28. The van der Waals surface area contributed by atoms with Crippen molar-refractivity contribution in [3.05, 3.63) is 0 Å². The van der Waals surface area contributed by atoms with Gasteiger partial charge < -0.3 is 0 Å². The molecule has 0 atom stereocenters. The predicted molar refractivity (Wildman–Crippen MR) is 83.7 cm³/mol. The fraction of sp³-hybridized carbons (Fsp3) is 0.824. The van der Waals surface area contributed by atoms with Gasteiger partial charge in [0.1, 0.15) is 17.3 Å². The van der Waals surface area contributed by atoms with E-state index in [1.165, 1.54) is 0 Å². The normalized spacial score (nSPS) is 12.3. The largest absolute Gasteiger partial charge is 0.299 e. The maximum atomic E-state index is 11.5. The topological polar surface area (TPSA) is 51.2 Å². The summed E-state index contributed by atoms with van der Waals surface area (Å²) in [5, 5.41) is 0. The van der Waals surface area contributed by atoms with E-state index in [-0.39, 0.29) is 29.2 Å². The lowest BCUT2D eigenvalue weighted by atomic mass is 9.82. The maximum absolute atomic E-state index is 11.5.